The summed E-state index contributed by atoms with van der Waals surface area (Å²) in [5, 5.41) is 0. The molecule has 0 N–H and O–H groups in total. The zero-order valence-corrected chi connectivity index (χ0v) is 85.3. The van der Waals surface area contributed by atoms with Gasteiger partial charge in [0, 0.05) is 102 Å². The van der Waals surface area contributed by atoms with Crippen LogP contribution in [0.5, 0.6) is 0 Å². The number of hydrogen-bond donors (Lipinski definition) is 0. The van der Waals surface area contributed by atoms with E-state index in [-0.39, 0.29) is 20.1 Å². The Morgan fingerprint density at radius 2 is 0.331 bits per heavy atom. The third-order valence-corrected chi connectivity index (χ3v) is 31.2. The summed E-state index contributed by atoms with van der Waals surface area (Å²) in [4.78, 5) is 14.9. The molecule has 0 spiro atoms. The first-order valence-electron chi connectivity index (χ1n) is 52.4. The van der Waals surface area contributed by atoms with Crippen LogP contribution in [0.2, 0.25) is 0 Å². The predicted octanol–water partition coefficient (Wildman–Crippen LogP) is 31.9. The van der Waals surface area contributed by atoms with Crippen molar-refractivity contribution in [2.45, 2.75) is 87.0 Å². The van der Waals surface area contributed by atoms with Gasteiger partial charge in [0.25, 0.3) is 20.1 Å². The van der Waals surface area contributed by atoms with Gasteiger partial charge in [-0.3, -0.25) is 0 Å². The highest BCUT2D eigenvalue weighted by molar-refractivity contribution is 7.02. The van der Waals surface area contributed by atoms with Gasteiger partial charge < -0.3 is 29.4 Å². The average molecular weight is 1900 g/mol. The van der Waals surface area contributed by atoms with Crippen LogP contribution in [-0.2, 0) is 0 Å². The second-order valence-electron chi connectivity index (χ2n) is 41.5. The van der Waals surface area contributed by atoms with E-state index in [1.807, 2.05) is 0 Å². The maximum atomic E-state index is 2.52. The lowest BCUT2D eigenvalue weighted by Gasteiger charge is -2.44. The normalized spacial score (nSPS) is 12.9. The topological polar surface area (TPSA) is 19.4 Å². The molecule has 27 rings (SSSR count). The van der Waals surface area contributed by atoms with Crippen LogP contribution >= 0.6 is 0 Å². The number of hydrogen-bond acceptors (Lipinski definition) is 6. The molecule has 0 atom stereocenters. The Kier molecular flexibility index (Phi) is 23.8. The fraction of sp³-hybridized carbons (Fsp3) is 0.0935. The van der Waals surface area contributed by atoms with E-state index in [1.54, 1.807) is 0 Å². The van der Waals surface area contributed by atoms with E-state index in [0.29, 0.717) is 17.8 Å². The highest BCUT2D eigenvalue weighted by Gasteiger charge is 2.48. The van der Waals surface area contributed by atoms with E-state index in [9.17, 15) is 0 Å². The van der Waals surface area contributed by atoms with E-state index in [2.05, 4.69) is 584 Å². The number of fused-ring (bicyclic) bond motifs is 12. The number of nitrogens with zero attached hydrogens (tertiary/aromatic N) is 6. The van der Waals surface area contributed by atoms with E-state index < -0.39 is 0 Å². The smallest absolute Gasteiger partial charge is 0.252 e. The summed E-state index contributed by atoms with van der Waals surface area (Å²) in [6.07, 6.45) is 0. The van der Waals surface area contributed by atoms with Crippen molar-refractivity contribution in [3.05, 3.63) is 524 Å². The number of aryl methyl sites for hydroxylation is 4. The monoisotopic (exact) mass is 1900 g/mol. The molecule has 6 nitrogen and oxygen atoms in total. The van der Waals surface area contributed by atoms with Crippen molar-refractivity contribution in [3.63, 3.8) is 0 Å². The van der Waals surface area contributed by atoms with Crippen LogP contribution in [0.4, 0.5) is 102 Å². The molecule has 0 radical (unpaired) electrons. The van der Waals surface area contributed by atoms with Gasteiger partial charge >= 0.3 is 0 Å². The molecular weight excluding hydrogens is 1790 g/mol. The van der Waals surface area contributed by atoms with Crippen LogP contribution in [0.15, 0.2) is 485 Å². The standard InChI is InChI=1S/C51H47BN2.C45H35BN2.C43H31BN2/c1-33(2)36-17-21-39(22-18-36)41-11-9-12-44(31-41)54-49-16-10-15-48-51(49)52(46-30-27-42(32-50(46)54)40-23-19-37(20-24-40)34(3)4)45-13-7-8-14-47(45)53(48)43-28-25-38(26-29-43)35(5)6;1-30-14-20-33(21-15-30)35-8-6-9-38(28-35)48-43-13-7-12-42-45(43)46(40-27-24-36(29-44(40)48)34-22-16-31(2)17-23-34)39-10-4-5-11-41(39)47(42)37-25-18-32(3)19-26-37;1-30-22-24-32(25-23-30)34-26-27-38-42(29-34)46(36-17-10-14-33(28-36)31-12-4-2-5-13-31)41-21-11-20-40-43(41)44(38)37-18-8-9-19-39(37)45(40)35-15-6-3-7-16-35/h7-35H,1-6H3;4-29H,1-3H3;2-29H,1H3. The SMILES string of the molecule is CC(C)c1ccc(-c2cccc(N3c4cc(-c5ccc(C(C)C)cc5)ccc4B4c5ccccc5N(c5ccc(C(C)C)cc5)c5cccc3c54)c2)cc1.Cc1ccc(-c2ccc3c(c2)N(c2cccc(-c4ccccc4)c2)c2cccc4c2B3c2ccccc2N4c2ccccc2)cc1.Cc1ccc(-c2cccc(N3c4cc(-c5ccc(C)cc5)ccc4B4c5ccccc5N(c5ccc(C)cc5)c5cccc3c54)c2)cc1. The minimum absolute atomic E-state index is 0.0916. The van der Waals surface area contributed by atoms with Crippen LogP contribution in [0.25, 0.3) is 66.8 Å². The van der Waals surface area contributed by atoms with Gasteiger partial charge in [-0.15, -0.1) is 0 Å². The summed E-state index contributed by atoms with van der Waals surface area (Å²) in [7, 11) is 0. The van der Waals surface area contributed by atoms with E-state index in [4.69, 9.17) is 0 Å². The Labute approximate surface area is 872 Å². The van der Waals surface area contributed by atoms with Gasteiger partial charge in [-0.2, -0.15) is 0 Å². The number of para-hydroxylation sites is 4. The van der Waals surface area contributed by atoms with Crippen molar-refractivity contribution in [2.24, 2.45) is 0 Å². The minimum Gasteiger partial charge on any atom is -0.311 e. The van der Waals surface area contributed by atoms with Crippen molar-refractivity contribution in [1.82, 2.24) is 0 Å². The summed E-state index contributed by atoms with van der Waals surface area (Å²) >= 11 is 0. The molecule has 6 heterocycles. The molecule has 6 aliphatic heterocycles. The molecule has 0 aromatic heterocycles. The zero-order chi connectivity index (χ0) is 100. The highest BCUT2D eigenvalue weighted by atomic mass is 15.2. The number of benzene rings is 21. The molecule has 0 fully saturated rings. The van der Waals surface area contributed by atoms with Gasteiger partial charge in [-0.1, -0.05) is 404 Å². The molecule has 21 aromatic carbocycles. The largest absolute Gasteiger partial charge is 0.311 e. The minimum atomic E-state index is 0.0916. The van der Waals surface area contributed by atoms with Crippen molar-refractivity contribution in [1.29, 1.82) is 0 Å². The second kappa shape index (κ2) is 38.3. The van der Waals surface area contributed by atoms with Gasteiger partial charge in [0.1, 0.15) is 0 Å². The molecule has 21 aromatic rings. The van der Waals surface area contributed by atoms with Crippen molar-refractivity contribution >= 4 is 172 Å². The highest BCUT2D eigenvalue weighted by Crippen LogP contribution is 2.52. The first-order valence-corrected chi connectivity index (χ1v) is 52.4. The second-order valence-corrected chi connectivity index (χ2v) is 41.5. The van der Waals surface area contributed by atoms with E-state index in [1.165, 1.54) is 240 Å². The third-order valence-electron chi connectivity index (χ3n) is 31.2. The summed E-state index contributed by atoms with van der Waals surface area (Å²) in [6.45, 7) is 22.4. The molecule has 0 saturated carbocycles. The maximum absolute atomic E-state index is 2.52. The third kappa shape index (κ3) is 16.5. The molecule has 0 amide bonds. The van der Waals surface area contributed by atoms with Crippen LogP contribution in [0.1, 0.15) is 98.2 Å². The fourth-order valence-electron chi connectivity index (χ4n) is 23.6. The van der Waals surface area contributed by atoms with Gasteiger partial charge in [-0.05, 0) is 324 Å². The van der Waals surface area contributed by atoms with Crippen molar-refractivity contribution in [2.75, 3.05) is 29.4 Å². The van der Waals surface area contributed by atoms with Crippen LogP contribution < -0.4 is 78.6 Å². The van der Waals surface area contributed by atoms with Crippen molar-refractivity contribution < 1.29 is 0 Å². The molecule has 708 valence electrons. The lowest BCUT2D eigenvalue weighted by atomic mass is 9.33. The summed E-state index contributed by atoms with van der Waals surface area (Å²) < 4.78 is 0. The Balaban J connectivity index is 0.000000116. The van der Waals surface area contributed by atoms with E-state index in [0.717, 1.165) is 17.1 Å². The van der Waals surface area contributed by atoms with Gasteiger partial charge in [0.2, 0.25) is 0 Å². The Morgan fingerprint density at radius 3 is 0.628 bits per heavy atom. The summed E-state index contributed by atoms with van der Waals surface area (Å²) in [5.41, 5.74) is 57.5. The fourth-order valence-corrected chi connectivity index (χ4v) is 23.6. The van der Waals surface area contributed by atoms with Crippen LogP contribution in [0.3, 0.4) is 0 Å². The van der Waals surface area contributed by atoms with Gasteiger partial charge in [0.05, 0.1) is 0 Å². The quantitative estimate of drug-likeness (QED) is 0.0946. The lowest BCUT2D eigenvalue weighted by Crippen LogP contribution is -2.61. The molecule has 0 unspecified atom stereocenters. The summed E-state index contributed by atoms with van der Waals surface area (Å²) in [5.74, 6) is 1.48. The number of anilines is 18. The Morgan fingerprint density at radius 1 is 0.142 bits per heavy atom. The first-order chi connectivity index (χ1) is 72.5. The molecule has 148 heavy (non-hydrogen) atoms. The average Bonchev–Trinajstić information content (AvgIpc) is 0.706. The summed E-state index contributed by atoms with van der Waals surface area (Å²) in [6, 6.07) is 180. The van der Waals surface area contributed by atoms with Crippen molar-refractivity contribution in [3.8, 4) is 66.8 Å². The first kappa shape index (κ1) is 91.8. The Hall–Kier alpha value is -17.4. The Bertz CT molecular complexity index is 8620. The zero-order valence-electron chi connectivity index (χ0n) is 85.3. The number of rotatable bonds is 15. The van der Waals surface area contributed by atoms with Crippen LogP contribution in [-0.4, -0.2) is 20.1 Å². The molecule has 0 bridgehead atoms. The van der Waals surface area contributed by atoms with E-state index >= 15 is 0 Å². The molecule has 0 saturated heterocycles. The lowest BCUT2D eigenvalue weighted by molar-refractivity contribution is 0.866. The molecular formula is C139H113B3N6. The molecule has 9 heteroatoms. The van der Waals surface area contributed by atoms with Gasteiger partial charge in [-0.25, -0.2) is 0 Å². The molecule has 6 aliphatic rings. The van der Waals surface area contributed by atoms with Crippen LogP contribution in [0, 0.1) is 27.7 Å². The predicted molar refractivity (Wildman–Crippen MR) is 635 cm³/mol. The maximum Gasteiger partial charge on any atom is 0.252 e. The molecule has 0 aliphatic carbocycles. The van der Waals surface area contributed by atoms with Gasteiger partial charge in [0.15, 0.2) is 0 Å².